The minimum Gasteiger partial charge on any atom is -0.325 e. The number of hydrogen-bond donors (Lipinski definition) is 2. The first-order valence-corrected chi connectivity index (χ1v) is 6.59. The van der Waals surface area contributed by atoms with Gasteiger partial charge in [-0.1, -0.05) is 29.8 Å². The first-order chi connectivity index (χ1) is 8.58. The average molecular weight is 310 g/mol. The van der Waals surface area contributed by atoms with Crippen molar-refractivity contribution in [3.05, 3.63) is 28.2 Å². The molecule has 0 aliphatic heterocycles. The van der Waals surface area contributed by atoms with Gasteiger partial charge in [0.25, 0.3) is 0 Å². The zero-order chi connectivity index (χ0) is 13.5. The SMILES string of the molecule is CCNCC(C)C(=O)Nc1ccc(Br)cc1C#N. The van der Waals surface area contributed by atoms with Gasteiger partial charge in [0, 0.05) is 16.9 Å². The molecule has 0 aliphatic rings. The molecule has 0 saturated carbocycles. The highest BCUT2D eigenvalue weighted by Crippen LogP contribution is 2.20. The van der Waals surface area contributed by atoms with E-state index in [-0.39, 0.29) is 11.8 Å². The van der Waals surface area contributed by atoms with Crippen LogP contribution in [-0.2, 0) is 4.79 Å². The second-order valence-corrected chi connectivity index (χ2v) is 4.92. The monoisotopic (exact) mass is 309 g/mol. The van der Waals surface area contributed by atoms with Gasteiger partial charge in [-0.05, 0) is 24.7 Å². The van der Waals surface area contributed by atoms with Gasteiger partial charge < -0.3 is 10.6 Å². The van der Waals surface area contributed by atoms with Crippen molar-refractivity contribution < 1.29 is 4.79 Å². The largest absolute Gasteiger partial charge is 0.325 e. The fourth-order valence-corrected chi connectivity index (χ4v) is 1.79. The first kappa shape index (κ1) is 14.7. The third kappa shape index (κ3) is 4.13. The molecule has 0 radical (unpaired) electrons. The number of hydrogen-bond acceptors (Lipinski definition) is 3. The molecule has 1 aromatic rings. The summed E-state index contributed by atoms with van der Waals surface area (Å²) >= 11 is 3.29. The number of nitrogens with one attached hydrogen (secondary N) is 2. The van der Waals surface area contributed by atoms with Crippen molar-refractivity contribution in [1.29, 1.82) is 5.26 Å². The van der Waals surface area contributed by atoms with Gasteiger partial charge in [-0.2, -0.15) is 5.26 Å². The van der Waals surface area contributed by atoms with E-state index in [1.165, 1.54) is 0 Å². The molecule has 0 bridgehead atoms. The van der Waals surface area contributed by atoms with Crippen molar-refractivity contribution >= 4 is 27.5 Å². The number of rotatable bonds is 5. The topological polar surface area (TPSA) is 64.9 Å². The summed E-state index contributed by atoms with van der Waals surface area (Å²) in [5, 5.41) is 14.9. The zero-order valence-electron chi connectivity index (χ0n) is 10.5. The van der Waals surface area contributed by atoms with Gasteiger partial charge in [0.1, 0.15) is 6.07 Å². The molecule has 1 amide bonds. The molecule has 1 aromatic carbocycles. The molecule has 0 fully saturated rings. The van der Waals surface area contributed by atoms with Gasteiger partial charge in [0.05, 0.1) is 11.3 Å². The predicted molar refractivity (Wildman–Crippen MR) is 75.2 cm³/mol. The smallest absolute Gasteiger partial charge is 0.228 e. The zero-order valence-corrected chi connectivity index (χ0v) is 12.0. The van der Waals surface area contributed by atoms with Crippen LogP contribution in [0.5, 0.6) is 0 Å². The third-order valence-electron chi connectivity index (χ3n) is 2.51. The Kier molecular flexibility index (Phi) is 5.83. The van der Waals surface area contributed by atoms with Gasteiger partial charge in [-0.3, -0.25) is 4.79 Å². The van der Waals surface area contributed by atoms with Crippen LogP contribution in [-0.4, -0.2) is 19.0 Å². The molecule has 0 aromatic heterocycles. The number of nitrogens with zero attached hydrogens (tertiary/aromatic N) is 1. The molecule has 18 heavy (non-hydrogen) atoms. The maximum atomic E-state index is 11.9. The van der Waals surface area contributed by atoms with Gasteiger partial charge in [-0.15, -0.1) is 0 Å². The number of carbonyl (C=O) groups is 1. The lowest BCUT2D eigenvalue weighted by Gasteiger charge is -2.13. The second-order valence-electron chi connectivity index (χ2n) is 4.00. The molecule has 0 aliphatic carbocycles. The van der Waals surface area contributed by atoms with E-state index in [1.54, 1.807) is 18.2 Å². The molecular weight excluding hydrogens is 294 g/mol. The fourth-order valence-electron chi connectivity index (χ4n) is 1.43. The molecule has 96 valence electrons. The van der Waals surface area contributed by atoms with Gasteiger partial charge in [-0.25, -0.2) is 0 Å². The predicted octanol–water partition coefficient (Wildman–Crippen LogP) is 2.50. The normalized spacial score (nSPS) is 11.7. The standard InChI is InChI=1S/C13H16BrN3O/c1-3-16-8-9(2)13(18)17-12-5-4-11(14)6-10(12)7-15/h4-6,9,16H,3,8H2,1-2H3,(H,17,18). The van der Waals surface area contributed by atoms with E-state index in [0.717, 1.165) is 11.0 Å². The van der Waals surface area contributed by atoms with Gasteiger partial charge in [0.15, 0.2) is 0 Å². The maximum Gasteiger partial charge on any atom is 0.228 e. The summed E-state index contributed by atoms with van der Waals surface area (Å²) in [6.07, 6.45) is 0. The summed E-state index contributed by atoms with van der Waals surface area (Å²) in [7, 11) is 0. The minimum atomic E-state index is -0.139. The Labute approximate surface area is 116 Å². The number of carbonyl (C=O) groups excluding carboxylic acids is 1. The van der Waals surface area contributed by atoms with E-state index in [2.05, 4.69) is 32.6 Å². The van der Waals surface area contributed by atoms with Gasteiger partial charge in [0.2, 0.25) is 5.91 Å². The summed E-state index contributed by atoms with van der Waals surface area (Å²) in [5.41, 5.74) is 1.00. The van der Waals surface area contributed by atoms with Crippen molar-refractivity contribution in [3.63, 3.8) is 0 Å². The van der Waals surface area contributed by atoms with Crippen LogP contribution in [0, 0.1) is 17.2 Å². The van der Waals surface area contributed by atoms with Gasteiger partial charge >= 0.3 is 0 Å². The Bertz CT molecular complexity index is 468. The lowest BCUT2D eigenvalue weighted by molar-refractivity contribution is -0.119. The highest BCUT2D eigenvalue weighted by Gasteiger charge is 2.14. The van der Waals surface area contributed by atoms with Crippen molar-refractivity contribution in [1.82, 2.24) is 5.32 Å². The lowest BCUT2D eigenvalue weighted by Crippen LogP contribution is -2.30. The van der Waals surface area contributed by atoms with Crippen LogP contribution < -0.4 is 10.6 Å². The van der Waals surface area contributed by atoms with Crippen molar-refractivity contribution in [2.75, 3.05) is 18.4 Å². The molecule has 1 rings (SSSR count). The van der Waals surface area contributed by atoms with Crippen LogP contribution in [0.1, 0.15) is 19.4 Å². The minimum absolute atomic E-state index is 0.0882. The number of halogens is 1. The number of amides is 1. The lowest BCUT2D eigenvalue weighted by atomic mass is 10.1. The number of anilines is 1. The van der Waals surface area contributed by atoms with Crippen LogP contribution in [0.15, 0.2) is 22.7 Å². The van der Waals surface area contributed by atoms with Crippen LogP contribution in [0.3, 0.4) is 0 Å². The molecule has 0 heterocycles. The van der Waals surface area contributed by atoms with Crippen LogP contribution >= 0.6 is 15.9 Å². The fraction of sp³-hybridized carbons (Fsp3) is 0.385. The Morgan fingerprint density at radius 3 is 2.89 bits per heavy atom. The molecule has 5 heteroatoms. The Morgan fingerprint density at radius 2 is 2.28 bits per heavy atom. The summed E-state index contributed by atoms with van der Waals surface area (Å²) in [4.78, 5) is 11.9. The molecule has 1 unspecified atom stereocenters. The van der Waals surface area contributed by atoms with Crippen LogP contribution in [0.25, 0.3) is 0 Å². The maximum absolute atomic E-state index is 11.9. The highest BCUT2D eigenvalue weighted by atomic mass is 79.9. The third-order valence-corrected chi connectivity index (χ3v) is 3.00. The molecular formula is C13H16BrN3O. The van der Waals surface area contributed by atoms with Crippen molar-refractivity contribution in [3.8, 4) is 6.07 Å². The molecule has 2 N–H and O–H groups in total. The summed E-state index contributed by atoms with van der Waals surface area (Å²) < 4.78 is 0.817. The van der Waals surface area contributed by atoms with E-state index >= 15 is 0 Å². The highest BCUT2D eigenvalue weighted by molar-refractivity contribution is 9.10. The van der Waals surface area contributed by atoms with E-state index < -0.39 is 0 Å². The Hall–Kier alpha value is -1.38. The van der Waals surface area contributed by atoms with Crippen LogP contribution in [0.2, 0.25) is 0 Å². The Balaban J connectivity index is 2.73. The van der Waals surface area contributed by atoms with Crippen molar-refractivity contribution in [2.24, 2.45) is 5.92 Å². The second kappa shape index (κ2) is 7.14. The molecule has 4 nitrogen and oxygen atoms in total. The van der Waals surface area contributed by atoms with E-state index in [9.17, 15) is 4.79 Å². The van der Waals surface area contributed by atoms with Crippen LogP contribution in [0.4, 0.5) is 5.69 Å². The quantitative estimate of drug-likeness (QED) is 0.878. The van der Waals surface area contributed by atoms with E-state index in [1.807, 2.05) is 13.8 Å². The number of benzene rings is 1. The van der Waals surface area contributed by atoms with E-state index in [0.29, 0.717) is 17.8 Å². The first-order valence-electron chi connectivity index (χ1n) is 5.79. The Morgan fingerprint density at radius 1 is 1.56 bits per heavy atom. The summed E-state index contributed by atoms with van der Waals surface area (Å²) in [5.74, 6) is -0.227. The van der Waals surface area contributed by atoms with E-state index in [4.69, 9.17) is 5.26 Å². The summed E-state index contributed by atoms with van der Waals surface area (Å²) in [6.45, 7) is 5.30. The molecule has 1 atom stereocenters. The average Bonchev–Trinajstić information content (AvgIpc) is 2.37. The molecule has 0 spiro atoms. The molecule has 0 saturated heterocycles. The summed E-state index contributed by atoms with van der Waals surface area (Å²) in [6, 6.07) is 7.27. The van der Waals surface area contributed by atoms with Crippen molar-refractivity contribution in [2.45, 2.75) is 13.8 Å². The number of nitriles is 1.